The van der Waals surface area contributed by atoms with Crippen LogP contribution in [0.2, 0.25) is 0 Å². The van der Waals surface area contributed by atoms with Crippen molar-refractivity contribution < 1.29 is 47.4 Å². The fourth-order valence-electron chi connectivity index (χ4n) is 4.67. The summed E-state index contributed by atoms with van der Waals surface area (Å²) in [5.41, 5.74) is 4.80. The molecule has 0 unspecified atom stereocenters. The van der Waals surface area contributed by atoms with Crippen LogP contribution < -0.4 is 0 Å². The molecule has 0 saturated heterocycles. The van der Waals surface area contributed by atoms with E-state index in [1.807, 2.05) is 24.3 Å². The molecule has 11 heteroatoms. The molecule has 0 aliphatic heterocycles. The second-order valence-corrected chi connectivity index (χ2v) is 10.3. The Morgan fingerprint density at radius 1 is 0.609 bits per heavy atom. The molecule has 0 radical (unpaired) electrons. The average Bonchev–Trinajstić information content (AvgIpc) is 3.40. The lowest BCUT2D eigenvalue weighted by atomic mass is 9.98. The molecule has 0 atom stereocenters. The zero-order chi connectivity index (χ0) is 32.5. The number of terminal acetylenes is 1. The molecule has 2 aromatic carbocycles. The van der Waals surface area contributed by atoms with Gasteiger partial charge in [0, 0.05) is 19.5 Å². The Hall–Kier alpha value is -3.05. The van der Waals surface area contributed by atoms with Crippen molar-refractivity contribution in [3.8, 4) is 23.5 Å². The van der Waals surface area contributed by atoms with Gasteiger partial charge >= 0.3 is 6.09 Å². The van der Waals surface area contributed by atoms with E-state index >= 15 is 0 Å². The maximum absolute atomic E-state index is 12.6. The highest BCUT2D eigenvalue weighted by Gasteiger charge is 2.29. The first-order valence-corrected chi connectivity index (χ1v) is 15.8. The van der Waals surface area contributed by atoms with E-state index in [4.69, 9.17) is 49.1 Å². The molecule has 1 aliphatic carbocycles. The average molecular weight is 644 g/mol. The van der Waals surface area contributed by atoms with Gasteiger partial charge in [-0.05, 0) is 22.3 Å². The molecule has 0 spiro atoms. The van der Waals surface area contributed by atoms with Crippen LogP contribution in [0.3, 0.4) is 0 Å². The van der Waals surface area contributed by atoms with Gasteiger partial charge in [-0.15, -0.1) is 6.42 Å². The van der Waals surface area contributed by atoms with E-state index in [0.29, 0.717) is 119 Å². The van der Waals surface area contributed by atoms with E-state index in [9.17, 15) is 4.79 Å². The van der Waals surface area contributed by atoms with Gasteiger partial charge in [-0.25, -0.2) is 4.79 Å². The van der Waals surface area contributed by atoms with Gasteiger partial charge in [-0.1, -0.05) is 54.5 Å². The highest BCUT2D eigenvalue weighted by molar-refractivity contribution is 5.79. The molecule has 0 heterocycles. The summed E-state index contributed by atoms with van der Waals surface area (Å²) >= 11 is 0. The number of amides is 1. The number of ether oxygens (including phenoxy) is 9. The van der Waals surface area contributed by atoms with Crippen LogP contribution in [-0.4, -0.2) is 137 Å². The Balaban J connectivity index is 1.04. The van der Waals surface area contributed by atoms with Gasteiger partial charge in [-0.3, -0.25) is 0 Å². The number of fused-ring (bicyclic) bond motifs is 3. The van der Waals surface area contributed by atoms with Crippen LogP contribution in [0.15, 0.2) is 48.5 Å². The Bertz CT molecular complexity index is 1090. The maximum atomic E-state index is 12.6. The fraction of sp³-hybridized carbons (Fsp3) is 0.571. The zero-order valence-electron chi connectivity index (χ0n) is 27.0. The molecule has 0 saturated carbocycles. The van der Waals surface area contributed by atoms with Gasteiger partial charge in [0.25, 0.3) is 0 Å². The SMILES string of the molecule is C#CCOCCOCCOCCOCCOCCOCCOCCOCCN(C)C(=O)OCC1c2ccccc2-c2ccccc21. The standard InChI is InChI=1S/C35H49NO10/c1-3-13-38-15-17-40-19-21-42-23-25-44-27-28-45-26-24-43-22-20-41-18-16-39-14-12-36(2)35(37)46-29-34-32-10-6-4-8-30(32)31-9-5-7-11-33(31)34/h1,4-11,34H,12-29H2,2H3. The Kier molecular flexibility index (Phi) is 19.7. The molecule has 1 amide bonds. The number of likely N-dealkylation sites (N-methyl/N-ethyl adjacent to an activating group) is 1. The highest BCUT2D eigenvalue weighted by atomic mass is 16.6. The zero-order valence-corrected chi connectivity index (χ0v) is 27.0. The van der Waals surface area contributed by atoms with E-state index in [1.54, 1.807) is 7.05 Å². The van der Waals surface area contributed by atoms with Crippen molar-refractivity contribution in [3.63, 3.8) is 0 Å². The van der Waals surface area contributed by atoms with Crippen LogP contribution >= 0.6 is 0 Å². The summed E-state index contributed by atoms with van der Waals surface area (Å²) in [6.45, 7) is 8.22. The summed E-state index contributed by atoms with van der Waals surface area (Å²) in [5, 5.41) is 0. The molecule has 1 aliphatic rings. The Labute approximate surface area is 273 Å². The smallest absolute Gasteiger partial charge is 0.409 e. The van der Waals surface area contributed by atoms with Crippen molar-refractivity contribution in [1.82, 2.24) is 4.90 Å². The number of nitrogens with zero attached hydrogens (tertiary/aromatic N) is 1. The minimum atomic E-state index is -0.363. The molecule has 11 nitrogen and oxygen atoms in total. The topological polar surface area (TPSA) is 103 Å². The third-order valence-corrected chi connectivity index (χ3v) is 7.01. The van der Waals surface area contributed by atoms with Gasteiger partial charge in [0.05, 0.1) is 99.1 Å². The van der Waals surface area contributed by atoms with Crippen molar-refractivity contribution >= 4 is 6.09 Å². The van der Waals surface area contributed by atoms with E-state index < -0.39 is 0 Å². The number of rotatable bonds is 27. The number of hydrogen-bond acceptors (Lipinski definition) is 10. The third-order valence-electron chi connectivity index (χ3n) is 7.01. The van der Waals surface area contributed by atoms with Crippen LogP contribution in [0, 0.1) is 12.3 Å². The van der Waals surface area contributed by atoms with Crippen LogP contribution in [0.5, 0.6) is 0 Å². The molecule has 0 bridgehead atoms. The van der Waals surface area contributed by atoms with Gasteiger partial charge in [-0.2, -0.15) is 0 Å². The summed E-state index contributed by atoms with van der Waals surface area (Å²) in [4.78, 5) is 14.1. The number of carbonyl (C=O) groups excluding carboxylic acids is 1. The van der Waals surface area contributed by atoms with E-state index in [-0.39, 0.29) is 12.0 Å². The van der Waals surface area contributed by atoms with Crippen molar-refractivity contribution in [2.24, 2.45) is 0 Å². The van der Waals surface area contributed by atoms with Crippen molar-refractivity contribution in [1.29, 1.82) is 0 Å². The Morgan fingerprint density at radius 2 is 0.978 bits per heavy atom. The van der Waals surface area contributed by atoms with E-state index in [2.05, 4.69) is 30.2 Å². The first-order valence-electron chi connectivity index (χ1n) is 15.8. The van der Waals surface area contributed by atoms with Gasteiger partial charge in [0.1, 0.15) is 13.2 Å². The summed E-state index contributed by atoms with van der Waals surface area (Å²) in [6, 6.07) is 16.6. The molecule has 2 aromatic rings. The van der Waals surface area contributed by atoms with Gasteiger partial charge in [0.2, 0.25) is 0 Å². The monoisotopic (exact) mass is 643 g/mol. The van der Waals surface area contributed by atoms with Crippen molar-refractivity contribution in [2.45, 2.75) is 5.92 Å². The summed E-state index contributed by atoms with van der Waals surface area (Å²) in [6.07, 6.45) is 4.72. The number of benzene rings is 2. The molecular weight excluding hydrogens is 594 g/mol. The third kappa shape index (κ3) is 14.6. The maximum Gasteiger partial charge on any atom is 0.409 e. The van der Waals surface area contributed by atoms with Gasteiger partial charge in [0.15, 0.2) is 0 Å². The number of hydrogen-bond donors (Lipinski definition) is 0. The molecule has 46 heavy (non-hydrogen) atoms. The molecule has 0 N–H and O–H groups in total. The van der Waals surface area contributed by atoms with Crippen LogP contribution in [0.1, 0.15) is 17.0 Å². The molecular formula is C35H49NO10. The van der Waals surface area contributed by atoms with Crippen LogP contribution in [0.4, 0.5) is 4.79 Å². The number of carbonyl (C=O) groups is 1. The van der Waals surface area contributed by atoms with Crippen molar-refractivity contribution in [2.75, 3.05) is 126 Å². The molecule has 254 valence electrons. The van der Waals surface area contributed by atoms with Crippen LogP contribution in [0.25, 0.3) is 11.1 Å². The fourth-order valence-corrected chi connectivity index (χ4v) is 4.67. The highest BCUT2D eigenvalue weighted by Crippen LogP contribution is 2.44. The second kappa shape index (κ2) is 24.2. The minimum absolute atomic E-state index is 0.0418. The predicted octanol–water partition coefficient (Wildman–Crippen LogP) is 3.63. The quantitative estimate of drug-likeness (QED) is 0.106. The summed E-state index contributed by atoms with van der Waals surface area (Å²) in [5.74, 6) is 2.44. The van der Waals surface area contributed by atoms with Gasteiger partial charge < -0.3 is 47.5 Å². The first kappa shape index (κ1) is 37.4. The van der Waals surface area contributed by atoms with Crippen LogP contribution in [-0.2, 0) is 42.6 Å². The van der Waals surface area contributed by atoms with Crippen molar-refractivity contribution in [3.05, 3.63) is 59.7 Å². The predicted molar refractivity (Wildman–Crippen MR) is 173 cm³/mol. The lowest BCUT2D eigenvalue weighted by Crippen LogP contribution is -2.32. The second-order valence-electron chi connectivity index (χ2n) is 10.3. The minimum Gasteiger partial charge on any atom is -0.448 e. The molecule has 0 aromatic heterocycles. The van der Waals surface area contributed by atoms with E-state index in [1.165, 1.54) is 27.2 Å². The lowest BCUT2D eigenvalue weighted by molar-refractivity contribution is -0.0228. The Morgan fingerprint density at radius 3 is 1.39 bits per heavy atom. The molecule has 0 fully saturated rings. The first-order chi connectivity index (χ1) is 22.7. The normalized spacial score (nSPS) is 12.1. The summed E-state index contributed by atoms with van der Waals surface area (Å²) in [7, 11) is 1.71. The lowest BCUT2D eigenvalue weighted by Gasteiger charge is -2.19. The largest absolute Gasteiger partial charge is 0.448 e. The molecule has 3 rings (SSSR count). The summed E-state index contributed by atoms with van der Waals surface area (Å²) < 4.78 is 49.1. The van der Waals surface area contributed by atoms with E-state index in [0.717, 1.165) is 0 Å².